The van der Waals surface area contributed by atoms with Gasteiger partial charge in [-0.2, -0.15) is 5.10 Å². The van der Waals surface area contributed by atoms with Crippen LogP contribution in [0.5, 0.6) is 0 Å². The van der Waals surface area contributed by atoms with Crippen molar-refractivity contribution in [3.63, 3.8) is 0 Å². The van der Waals surface area contributed by atoms with Crippen LogP contribution in [0.4, 0.5) is 0 Å². The third-order valence-electron chi connectivity index (χ3n) is 3.37. The van der Waals surface area contributed by atoms with Crippen molar-refractivity contribution in [2.45, 2.75) is 26.7 Å². The standard InChI is InChI=1S/C18H20N2O/c1-13(2)16-10-8-15(9-11-16)12-19-20-18(21)17-7-5-4-6-14(17)3/h4-13H,1-3H3,(H,20,21)/b19-12-. The predicted octanol–water partition coefficient (Wildman–Crippen LogP) is 3.88. The van der Waals surface area contributed by atoms with Crippen molar-refractivity contribution >= 4 is 12.1 Å². The Labute approximate surface area is 125 Å². The summed E-state index contributed by atoms with van der Waals surface area (Å²) in [4.78, 5) is 12.0. The quantitative estimate of drug-likeness (QED) is 0.670. The molecular formula is C18H20N2O. The number of hydrogen-bond acceptors (Lipinski definition) is 2. The van der Waals surface area contributed by atoms with Gasteiger partial charge >= 0.3 is 0 Å². The molecule has 2 aromatic carbocycles. The van der Waals surface area contributed by atoms with E-state index in [0.717, 1.165) is 11.1 Å². The van der Waals surface area contributed by atoms with Crippen LogP contribution in [-0.4, -0.2) is 12.1 Å². The van der Waals surface area contributed by atoms with Gasteiger partial charge in [0.1, 0.15) is 0 Å². The zero-order valence-electron chi connectivity index (χ0n) is 12.6. The fraction of sp³-hybridized carbons (Fsp3) is 0.222. The van der Waals surface area contributed by atoms with Gasteiger partial charge in [-0.15, -0.1) is 0 Å². The summed E-state index contributed by atoms with van der Waals surface area (Å²) in [6.07, 6.45) is 1.65. The molecule has 0 aliphatic carbocycles. The Morgan fingerprint density at radius 2 is 1.76 bits per heavy atom. The highest BCUT2D eigenvalue weighted by Crippen LogP contribution is 2.13. The van der Waals surface area contributed by atoms with Crippen LogP contribution < -0.4 is 5.43 Å². The fourth-order valence-corrected chi connectivity index (χ4v) is 2.02. The van der Waals surface area contributed by atoms with Crippen LogP contribution in [0.3, 0.4) is 0 Å². The van der Waals surface area contributed by atoms with Crippen LogP contribution in [0.2, 0.25) is 0 Å². The van der Waals surface area contributed by atoms with Crippen molar-refractivity contribution < 1.29 is 4.79 Å². The molecule has 1 amide bonds. The zero-order chi connectivity index (χ0) is 15.2. The van der Waals surface area contributed by atoms with E-state index in [1.807, 2.05) is 37.3 Å². The minimum atomic E-state index is -0.192. The van der Waals surface area contributed by atoms with E-state index in [4.69, 9.17) is 0 Å². The number of hydrogen-bond donors (Lipinski definition) is 1. The molecule has 0 heterocycles. The molecule has 0 radical (unpaired) electrons. The number of rotatable bonds is 4. The molecule has 0 aliphatic rings. The molecule has 108 valence electrons. The molecule has 21 heavy (non-hydrogen) atoms. The van der Waals surface area contributed by atoms with E-state index in [9.17, 15) is 4.79 Å². The van der Waals surface area contributed by atoms with Crippen LogP contribution in [-0.2, 0) is 0 Å². The summed E-state index contributed by atoms with van der Waals surface area (Å²) < 4.78 is 0. The van der Waals surface area contributed by atoms with Crippen LogP contribution in [0, 0.1) is 6.92 Å². The highest BCUT2D eigenvalue weighted by Gasteiger charge is 2.06. The van der Waals surface area contributed by atoms with E-state index in [0.29, 0.717) is 11.5 Å². The second-order valence-corrected chi connectivity index (χ2v) is 5.34. The number of benzene rings is 2. The summed E-state index contributed by atoms with van der Waals surface area (Å²) in [6.45, 7) is 6.22. The van der Waals surface area contributed by atoms with Crippen molar-refractivity contribution in [1.82, 2.24) is 5.43 Å². The number of amides is 1. The Bertz CT molecular complexity index is 643. The molecule has 3 heteroatoms. The van der Waals surface area contributed by atoms with E-state index in [2.05, 4.69) is 36.5 Å². The van der Waals surface area contributed by atoms with E-state index in [1.54, 1.807) is 12.3 Å². The van der Waals surface area contributed by atoms with Gasteiger partial charge in [0.15, 0.2) is 0 Å². The minimum Gasteiger partial charge on any atom is -0.267 e. The smallest absolute Gasteiger partial charge is 0.267 e. The van der Waals surface area contributed by atoms with Gasteiger partial charge < -0.3 is 0 Å². The lowest BCUT2D eigenvalue weighted by Gasteiger charge is -2.05. The van der Waals surface area contributed by atoms with Gasteiger partial charge in [-0.1, -0.05) is 56.3 Å². The Morgan fingerprint density at radius 1 is 1.10 bits per heavy atom. The Balaban J connectivity index is 1.99. The largest absolute Gasteiger partial charge is 0.271 e. The van der Waals surface area contributed by atoms with Crippen LogP contribution >= 0.6 is 0 Å². The molecule has 0 saturated carbocycles. The van der Waals surface area contributed by atoms with E-state index >= 15 is 0 Å². The first kappa shape index (κ1) is 15.0. The fourth-order valence-electron chi connectivity index (χ4n) is 2.02. The van der Waals surface area contributed by atoms with Crippen LogP contribution in [0.15, 0.2) is 53.6 Å². The lowest BCUT2D eigenvalue weighted by molar-refractivity contribution is 0.0954. The summed E-state index contributed by atoms with van der Waals surface area (Å²) in [7, 11) is 0. The maximum absolute atomic E-state index is 12.0. The molecule has 2 rings (SSSR count). The van der Waals surface area contributed by atoms with Gasteiger partial charge in [0.2, 0.25) is 0 Å². The van der Waals surface area contributed by atoms with Crippen LogP contribution in [0.1, 0.15) is 46.8 Å². The minimum absolute atomic E-state index is 0.192. The number of nitrogens with zero attached hydrogens (tertiary/aromatic N) is 1. The predicted molar refractivity (Wildman–Crippen MR) is 86.8 cm³/mol. The van der Waals surface area contributed by atoms with Crippen molar-refractivity contribution in [2.24, 2.45) is 5.10 Å². The van der Waals surface area contributed by atoms with Gasteiger partial charge in [-0.05, 0) is 35.6 Å². The molecule has 0 saturated heterocycles. The first-order valence-corrected chi connectivity index (χ1v) is 7.07. The third kappa shape index (κ3) is 4.02. The molecule has 0 atom stereocenters. The van der Waals surface area contributed by atoms with Crippen LogP contribution in [0.25, 0.3) is 0 Å². The first-order valence-electron chi connectivity index (χ1n) is 7.07. The zero-order valence-corrected chi connectivity index (χ0v) is 12.6. The number of nitrogens with one attached hydrogen (secondary N) is 1. The highest BCUT2D eigenvalue weighted by atomic mass is 16.2. The van der Waals surface area contributed by atoms with Crippen molar-refractivity contribution in [3.8, 4) is 0 Å². The SMILES string of the molecule is Cc1ccccc1C(=O)N/N=C\c1ccc(C(C)C)cc1. The van der Waals surface area contributed by atoms with Gasteiger partial charge in [0.25, 0.3) is 5.91 Å². The molecular weight excluding hydrogens is 260 g/mol. The van der Waals surface area contributed by atoms with Gasteiger partial charge in [0.05, 0.1) is 6.21 Å². The molecule has 0 fully saturated rings. The number of hydrazone groups is 1. The maximum atomic E-state index is 12.0. The Hall–Kier alpha value is -2.42. The Kier molecular flexibility index (Phi) is 4.88. The van der Waals surface area contributed by atoms with E-state index < -0.39 is 0 Å². The average Bonchev–Trinajstić information content (AvgIpc) is 2.48. The van der Waals surface area contributed by atoms with Gasteiger partial charge in [-0.3, -0.25) is 4.79 Å². The number of carbonyl (C=O) groups excluding carboxylic acids is 1. The molecule has 0 unspecified atom stereocenters. The normalized spacial score (nSPS) is 11.0. The maximum Gasteiger partial charge on any atom is 0.271 e. The topological polar surface area (TPSA) is 41.5 Å². The number of aryl methyl sites for hydroxylation is 1. The second kappa shape index (κ2) is 6.84. The lowest BCUT2D eigenvalue weighted by atomic mass is 10.0. The second-order valence-electron chi connectivity index (χ2n) is 5.34. The first-order chi connectivity index (χ1) is 10.1. The Morgan fingerprint density at radius 3 is 2.38 bits per heavy atom. The highest BCUT2D eigenvalue weighted by molar-refractivity contribution is 5.96. The lowest BCUT2D eigenvalue weighted by Crippen LogP contribution is -2.18. The summed E-state index contributed by atoms with van der Waals surface area (Å²) in [5, 5.41) is 4.01. The number of carbonyl (C=O) groups is 1. The monoisotopic (exact) mass is 280 g/mol. The van der Waals surface area contributed by atoms with Crippen molar-refractivity contribution in [3.05, 3.63) is 70.8 Å². The molecule has 2 aromatic rings. The van der Waals surface area contributed by atoms with Crippen molar-refractivity contribution in [1.29, 1.82) is 0 Å². The molecule has 0 aromatic heterocycles. The summed E-state index contributed by atoms with van der Waals surface area (Å²) >= 11 is 0. The molecule has 3 nitrogen and oxygen atoms in total. The molecule has 1 N–H and O–H groups in total. The average molecular weight is 280 g/mol. The summed E-state index contributed by atoms with van der Waals surface area (Å²) in [5.74, 6) is 0.319. The van der Waals surface area contributed by atoms with Gasteiger partial charge in [-0.25, -0.2) is 5.43 Å². The summed E-state index contributed by atoms with van der Waals surface area (Å²) in [6, 6.07) is 15.6. The van der Waals surface area contributed by atoms with Crippen molar-refractivity contribution in [2.75, 3.05) is 0 Å². The summed E-state index contributed by atoms with van der Waals surface area (Å²) in [5.41, 5.74) is 6.39. The third-order valence-corrected chi connectivity index (χ3v) is 3.37. The molecule has 0 bridgehead atoms. The molecule has 0 spiro atoms. The van der Waals surface area contributed by atoms with Gasteiger partial charge in [0, 0.05) is 5.56 Å². The van der Waals surface area contributed by atoms with E-state index in [-0.39, 0.29) is 5.91 Å². The van der Waals surface area contributed by atoms with E-state index in [1.165, 1.54) is 5.56 Å². The molecule has 0 aliphatic heterocycles.